The topological polar surface area (TPSA) is 209 Å². The van der Waals surface area contributed by atoms with Crippen LogP contribution in [-0.4, -0.2) is 64.6 Å². The van der Waals surface area contributed by atoms with E-state index in [1.807, 2.05) is 24.3 Å². The molecule has 0 unspecified atom stereocenters. The smallest absolute Gasteiger partial charge is 0.408 e. The first kappa shape index (κ1) is 46.6. The first-order valence-electron chi connectivity index (χ1n) is 19.7. The minimum absolute atomic E-state index is 0. The van der Waals surface area contributed by atoms with Crippen LogP contribution in [0.1, 0.15) is 97.8 Å². The lowest BCUT2D eigenvalue weighted by atomic mass is 10.1. The van der Waals surface area contributed by atoms with Crippen LogP contribution in [0.25, 0.3) is 0 Å². The zero-order chi connectivity index (χ0) is 41.3. The van der Waals surface area contributed by atoms with E-state index in [0.717, 1.165) is 64.2 Å². The molecule has 6 rings (SSSR count). The fourth-order valence-corrected chi connectivity index (χ4v) is 8.77. The van der Waals surface area contributed by atoms with E-state index < -0.39 is 54.6 Å². The Morgan fingerprint density at radius 2 is 1.22 bits per heavy atom. The highest BCUT2D eigenvalue weighted by Crippen LogP contribution is 2.46. The van der Waals surface area contributed by atoms with Crippen LogP contribution < -0.4 is 30.0 Å². The molecule has 58 heavy (non-hydrogen) atoms. The summed E-state index contributed by atoms with van der Waals surface area (Å²) in [7, 11) is -8.12. The van der Waals surface area contributed by atoms with Gasteiger partial charge >= 0.3 is 6.09 Å². The van der Waals surface area contributed by atoms with Crippen LogP contribution in [0.3, 0.4) is 0 Å². The van der Waals surface area contributed by atoms with Crippen molar-refractivity contribution < 1.29 is 45.4 Å². The number of ether oxygens (including phenoxy) is 3. The third kappa shape index (κ3) is 12.9. The number of fused-ring (bicyclic) bond motifs is 6. The minimum Gasteiger partial charge on any atom is -0.494 e. The summed E-state index contributed by atoms with van der Waals surface area (Å²) in [5, 5.41) is 2.62. The van der Waals surface area contributed by atoms with Crippen molar-refractivity contribution in [1.29, 1.82) is 0 Å². The average molecular weight is 866 g/mol. The zero-order valence-electron chi connectivity index (χ0n) is 33.4. The lowest BCUT2D eigenvalue weighted by Crippen LogP contribution is -2.52. The van der Waals surface area contributed by atoms with Gasteiger partial charge < -0.3 is 25.3 Å². The summed E-state index contributed by atoms with van der Waals surface area (Å²) in [5.74, 6) is -0.944. The van der Waals surface area contributed by atoms with Crippen LogP contribution >= 0.6 is 12.4 Å². The molecule has 5 N–H and O–H groups in total. The van der Waals surface area contributed by atoms with Crippen molar-refractivity contribution in [2.75, 3.05) is 13.2 Å². The number of rotatable bonds is 1. The largest absolute Gasteiger partial charge is 0.494 e. The molecule has 0 saturated heterocycles. The Balaban J connectivity index is 0.000000259. The van der Waals surface area contributed by atoms with E-state index in [4.69, 9.17) is 19.9 Å². The number of benzene rings is 2. The summed E-state index contributed by atoms with van der Waals surface area (Å²) in [6.45, 7) is 6.19. The number of carbonyl (C=O) groups is 3. The summed E-state index contributed by atoms with van der Waals surface area (Å²) in [6.07, 6.45) is 17.8. The second-order valence-corrected chi connectivity index (χ2v) is 19.4. The highest BCUT2D eigenvalue weighted by molar-refractivity contribution is 7.90. The van der Waals surface area contributed by atoms with Crippen LogP contribution in [0, 0.1) is 11.8 Å². The monoisotopic (exact) mass is 864 g/mol. The second kappa shape index (κ2) is 19.8. The van der Waals surface area contributed by atoms with Crippen molar-refractivity contribution >= 4 is 50.4 Å². The molecule has 2 heterocycles. The lowest BCUT2D eigenvalue weighted by Gasteiger charge is -2.23. The predicted octanol–water partition coefficient (Wildman–Crippen LogP) is 6.20. The molecule has 0 spiro atoms. The van der Waals surface area contributed by atoms with Gasteiger partial charge in [0.1, 0.15) is 28.2 Å². The van der Waals surface area contributed by atoms with Crippen molar-refractivity contribution in [3.05, 3.63) is 72.8 Å². The number of allylic oxidation sites excluding steroid dienone is 2. The fraction of sp³-hybridized carbons (Fsp3) is 0.537. The van der Waals surface area contributed by atoms with Crippen molar-refractivity contribution in [1.82, 2.24) is 14.8 Å². The van der Waals surface area contributed by atoms with Crippen LogP contribution in [0.5, 0.6) is 11.5 Å². The molecular weight excluding hydrogens is 808 g/mol. The van der Waals surface area contributed by atoms with E-state index >= 15 is 0 Å². The van der Waals surface area contributed by atoms with Crippen molar-refractivity contribution in [3.63, 3.8) is 0 Å². The number of nitrogens with one attached hydrogen (secondary N) is 3. The van der Waals surface area contributed by atoms with E-state index in [0.29, 0.717) is 37.6 Å². The molecule has 2 aromatic carbocycles. The molecule has 2 fully saturated rings. The second-order valence-electron chi connectivity index (χ2n) is 16.0. The molecule has 320 valence electrons. The van der Waals surface area contributed by atoms with E-state index in [9.17, 15) is 31.2 Å². The maximum absolute atomic E-state index is 13.1. The lowest BCUT2D eigenvalue weighted by molar-refractivity contribution is -0.123. The molecular formula is C41H57ClN4O10S2. The summed E-state index contributed by atoms with van der Waals surface area (Å²) < 4.78 is 71.6. The Kier molecular flexibility index (Phi) is 15.9. The number of alkyl carbamates (subject to hydrolysis) is 1. The zero-order valence-corrected chi connectivity index (χ0v) is 35.8. The number of hydrogen-bond donors (Lipinski definition) is 4. The first-order valence-corrected chi connectivity index (χ1v) is 22.6. The number of amides is 3. The molecule has 4 atom stereocenters. The van der Waals surface area contributed by atoms with Gasteiger partial charge in [-0.15, -0.1) is 12.4 Å². The third-order valence-electron chi connectivity index (χ3n) is 10.1. The van der Waals surface area contributed by atoms with E-state index in [1.54, 1.807) is 45.0 Å². The Hall–Kier alpha value is -4.12. The predicted molar refractivity (Wildman–Crippen MR) is 221 cm³/mol. The highest BCUT2D eigenvalue weighted by atomic mass is 35.5. The van der Waals surface area contributed by atoms with Crippen LogP contribution in [0.2, 0.25) is 0 Å². The van der Waals surface area contributed by atoms with Gasteiger partial charge in [0.05, 0.1) is 23.0 Å². The minimum atomic E-state index is -4.15. The number of nitrogens with two attached hydrogens (primary N) is 1. The number of carbonyl (C=O) groups excluding carboxylic acids is 3. The number of halogens is 1. The molecule has 2 saturated carbocycles. The van der Waals surface area contributed by atoms with Crippen LogP contribution in [0.4, 0.5) is 4.79 Å². The van der Waals surface area contributed by atoms with Gasteiger partial charge in [-0.05, 0) is 96.4 Å². The maximum Gasteiger partial charge on any atom is 0.408 e. The van der Waals surface area contributed by atoms with E-state index in [2.05, 4.69) is 14.8 Å². The first-order chi connectivity index (χ1) is 26.9. The summed E-state index contributed by atoms with van der Waals surface area (Å²) >= 11 is 0. The molecule has 14 nitrogen and oxygen atoms in total. The normalized spacial score (nSPS) is 28.2. The Morgan fingerprint density at radius 3 is 1.74 bits per heavy atom. The van der Waals surface area contributed by atoms with Gasteiger partial charge in [0.2, 0.25) is 0 Å². The van der Waals surface area contributed by atoms with Gasteiger partial charge in [0.25, 0.3) is 31.9 Å². The molecule has 2 aliphatic heterocycles. The van der Waals surface area contributed by atoms with Crippen molar-refractivity contribution in [2.24, 2.45) is 17.6 Å². The summed E-state index contributed by atoms with van der Waals surface area (Å²) in [6, 6.07) is 12.2. The number of sulfonamides is 2. The van der Waals surface area contributed by atoms with Gasteiger partial charge in [-0.25, -0.2) is 31.1 Å². The summed E-state index contributed by atoms with van der Waals surface area (Å²) in [4.78, 5) is 37.8. The number of hydrogen-bond acceptors (Lipinski definition) is 11. The Labute approximate surface area is 348 Å². The van der Waals surface area contributed by atoms with Gasteiger partial charge in [-0.3, -0.25) is 9.59 Å². The quantitative estimate of drug-likeness (QED) is 0.237. The van der Waals surface area contributed by atoms with Crippen molar-refractivity contribution in [2.45, 2.75) is 124 Å². The van der Waals surface area contributed by atoms with Crippen molar-refractivity contribution in [3.8, 4) is 11.5 Å². The van der Waals surface area contributed by atoms with E-state index in [1.165, 1.54) is 24.3 Å². The van der Waals surface area contributed by atoms with Gasteiger partial charge in [-0.2, -0.15) is 0 Å². The molecule has 0 aromatic heterocycles. The molecule has 3 amide bonds. The summed E-state index contributed by atoms with van der Waals surface area (Å²) in [5.41, 5.74) is 2.82. The van der Waals surface area contributed by atoms with Crippen LogP contribution in [-0.2, 0) is 34.4 Å². The SMILES string of the molecule is CC(C)(C)OC(=O)N[C@]12C[C@H]1/C=C/CCCCCCOc1cccc(c1)S(=O)(=O)NC2=O.Cl.N[C@]12C[C@H]1/C=C/CCCCCCOc1cccc(c1)S(=O)(=O)NC2=O. The molecule has 4 aliphatic rings. The van der Waals surface area contributed by atoms with Gasteiger partial charge in [0, 0.05) is 24.0 Å². The molecule has 4 bridgehead atoms. The van der Waals surface area contributed by atoms with Gasteiger partial charge in [-0.1, -0.05) is 62.1 Å². The fourth-order valence-electron chi connectivity index (χ4n) is 6.62. The molecule has 17 heteroatoms. The van der Waals surface area contributed by atoms with Gasteiger partial charge in [0.15, 0.2) is 0 Å². The average Bonchev–Trinajstić information content (AvgIpc) is 4.03. The third-order valence-corrected chi connectivity index (χ3v) is 12.8. The highest BCUT2D eigenvalue weighted by Gasteiger charge is 2.61. The maximum atomic E-state index is 13.1. The Bertz CT molecular complexity index is 2050. The van der Waals surface area contributed by atoms with E-state index in [-0.39, 0.29) is 34.0 Å². The molecule has 2 aliphatic carbocycles. The molecule has 0 radical (unpaired) electrons. The standard InChI is InChI=1S/C23H32N2O6S.C18H24N2O4S.ClH/c1-22(2,3)31-21(27)24-23-16-17(23)11-8-6-4-5-7-9-14-30-18-12-10-13-19(15-18)32(28,29)25-20(23)26;19-18-13-14(18)8-5-3-1-2-4-6-11-24-15-9-7-10-16(12-15)25(22,23)20-17(18)21;/h8,10-13,15,17H,4-7,9,14,16H2,1-3H3,(H,24,27)(H,25,26);5,7-10,12,14H,1-4,6,11,13,19H2,(H,20,21);1H/b11-8+;8-5+;/t17-,23-;14-,18-;/m11./s1. The Morgan fingerprint density at radius 1 is 0.741 bits per heavy atom. The molecule has 2 aromatic rings. The van der Waals surface area contributed by atoms with Crippen LogP contribution in [0.15, 0.2) is 82.6 Å².